The molecule has 0 amide bonds. The number of nitrogens with zero attached hydrogens (tertiary/aromatic N) is 3. The minimum absolute atomic E-state index is 0.0777. The maximum atomic E-state index is 5.71. The number of nitrogens with one attached hydrogen (secondary N) is 1. The third kappa shape index (κ3) is 2.90. The Bertz CT molecular complexity index is 527. The molecule has 2 aromatic rings. The van der Waals surface area contributed by atoms with E-state index in [4.69, 9.17) is 9.15 Å². The Morgan fingerprint density at radius 2 is 2.21 bits per heavy atom. The quantitative estimate of drug-likeness (QED) is 0.860. The highest BCUT2D eigenvalue weighted by Gasteiger charge is 2.18. The molecule has 2 heterocycles. The highest BCUT2D eigenvalue weighted by Crippen LogP contribution is 2.27. The van der Waals surface area contributed by atoms with Gasteiger partial charge in [0.1, 0.15) is 5.56 Å². The standard InChI is InChI=1S/C13H18N4O2/c1-4-10(14-5-2)13-17-16-12(19-13)9-7-6-8-15-11(9)18-3/h6-8,10,14H,4-5H2,1-3H3. The Hall–Kier alpha value is -1.95. The summed E-state index contributed by atoms with van der Waals surface area (Å²) in [4.78, 5) is 4.12. The first-order chi connectivity index (χ1) is 9.30. The minimum Gasteiger partial charge on any atom is -0.480 e. The summed E-state index contributed by atoms with van der Waals surface area (Å²) in [7, 11) is 1.57. The molecule has 0 aliphatic rings. The van der Waals surface area contributed by atoms with Gasteiger partial charge in [0.25, 0.3) is 5.89 Å². The highest BCUT2D eigenvalue weighted by molar-refractivity contribution is 5.59. The van der Waals surface area contributed by atoms with Crippen molar-refractivity contribution >= 4 is 0 Å². The zero-order chi connectivity index (χ0) is 13.7. The van der Waals surface area contributed by atoms with Crippen LogP contribution >= 0.6 is 0 Å². The second-order valence-electron chi connectivity index (χ2n) is 4.02. The summed E-state index contributed by atoms with van der Waals surface area (Å²) in [5.74, 6) is 1.50. The van der Waals surface area contributed by atoms with E-state index in [-0.39, 0.29) is 6.04 Å². The van der Waals surface area contributed by atoms with Crippen molar-refractivity contribution in [3.63, 3.8) is 0 Å². The van der Waals surface area contributed by atoms with Gasteiger partial charge in [-0.05, 0) is 25.1 Å². The molecule has 0 saturated heterocycles. The van der Waals surface area contributed by atoms with Gasteiger partial charge in [-0.3, -0.25) is 0 Å². The van der Waals surface area contributed by atoms with Crippen LogP contribution < -0.4 is 10.1 Å². The van der Waals surface area contributed by atoms with Crippen molar-refractivity contribution in [1.82, 2.24) is 20.5 Å². The molecule has 0 radical (unpaired) electrons. The molecule has 6 nitrogen and oxygen atoms in total. The van der Waals surface area contributed by atoms with Crippen LogP contribution in [0.25, 0.3) is 11.5 Å². The van der Waals surface area contributed by atoms with E-state index >= 15 is 0 Å². The summed E-state index contributed by atoms with van der Waals surface area (Å²) in [5.41, 5.74) is 0.704. The van der Waals surface area contributed by atoms with E-state index in [1.54, 1.807) is 13.3 Å². The topological polar surface area (TPSA) is 73.1 Å². The number of hydrogen-bond acceptors (Lipinski definition) is 6. The summed E-state index contributed by atoms with van der Waals surface area (Å²) in [6.07, 6.45) is 2.55. The molecule has 0 saturated carbocycles. The van der Waals surface area contributed by atoms with Crippen molar-refractivity contribution < 1.29 is 9.15 Å². The fourth-order valence-corrected chi connectivity index (χ4v) is 1.85. The molecule has 2 rings (SSSR count). The van der Waals surface area contributed by atoms with E-state index in [9.17, 15) is 0 Å². The molecule has 0 aromatic carbocycles. The first kappa shape index (κ1) is 13.5. The third-order valence-corrected chi connectivity index (χ3v) is 2.79. The van der Waals surface area contributed by atoms with Gasteiger partial charge in [0, 0.05) is 6.20 Å². The maximum Gasteiger partial charge on any atom is 0.253 e. The van der Waals surface area contributed by atoms with Crippen LogP contribution in [0, 0.1) is 0 Å². The van der Waals surface area contributed by atoms with Gasteiger partial charge in [-0.15, -0.1) is 10.2 Å². The van der Waals surface area contributed by atoms with Gasteiger partial charge in [0.05, 0.1) is 13.2 Å². The molecule has 19 heavy (non-hydrogen) atoms. The lowest BCUT2D eigenvalue weighted by Gasteiger charge is -2.10. The molecule has 0 aliphatic heterocycles. The van der Waals surface area contributed by atoms with E-state index in [2.05, 4.69) is 27.4 Å². The normalized spacial score (nSPS) is 12.4. The van der Waals surface area contributed by atoms with Crippen molar-refractivity contribution in [3.05, 3.63) is 24.2 Å². The van der Waals surface area contributed by atoms with Crippen molar-refractivity contribution in [3.8, 4) is 17.3 Å². The SMILES string of the molecule is CCNC(CC)c1nnc(-c2cccnc2OC)o1. The van der Waals surface area contributed by atoms with Crippen molar-refractivity contribution in [2.45, 2.75) is 26.3 Å². The van der Waals surface area contributed by atoms with Crippen LogP contribution in [0.4, 0.5) is 0 Å². The van der Waals surface area contributed by atoms with E-state index in [0.717, 1.165) is 13.0 Å². The molecule has 0 aliphatic carbocycles. The maximum absolute atomic E-state index is 5.71. The van der Waals surface area contributed by atoms with Gasteiger partial charge in [-0.2, -0.15) is 0 Å². The Labute approximate surface area is 112 Å². The largest absolute Gasteiger partial charge is 0.480 e. The van der Waals surface area contributed by atoms with Crippen LogP contribution in [0.3, 0.4) is 0 Å². The molecule has 102 valence electrons. The van der Waals surface area contributed by atoms with Gasteiger partial charge >= 0.3 is 0 Å². The lowest BCUT2D eigenvalue weighted by Crippen LogP contribution is -2.20. The van der Waals surface area contributed by atoms with Crippen LogP contribution in [0.1, 0.15) is 32.2 Å². The Balaban J connectivity index is 2.30. The first-order valence-corrected chi connectivity index (χ1v) is 6.36. The average Bonchev–Trinajstić information content (AvgIpc) is 2.94. The molecule has 0 spiro atoms. The fourth-order valence-electron chi connectivity index (χ4n) is 1.85. The highest BCUT2D eigenvalue weighted by atomic mass is 16.5. The second-order valence-corrected chi connectivity index (χ2v) is 4.02. The summed E-state index contributed by atoms with van der Waals surface area (Å²) < 4.78 is 10.9. The molecule has 0 bridgehead atoms. The number of methoxy groups -OCH3 is 1. The molecule has 1 atom stereocenters. The Kier molecular flexibility index (Phi) is 4.46. The molecule has 0 fully saturated rings. The predicted molar refractivity (Wildman–Crippen MR) is 70.8 cm³/mol. The van der Waals surface area contributed by atoms with Gasteiger partial charge < -0.3 is 14.5 Å². The summed E-state index contributed by atoms with van der Waals surface area (Å²) in [5, 5.41) is 11.5. The smallest absolute Gasteiger partial charge is 0.253 e. The molecule has 1 unspecified atom stereocenters. The Morgan fingerprint density at radius 1 is 1.37 bits per heavy atom. The number of pyridine rings is 1. The van der Waals surface area contributed by atoms with Gasteiger partial charge in [-0.1, -0.05) is 13.8 Å². The first-order valence-electron chi connectivity index (χ1n) is 6.36. The number of aromatic nitrogens is 3. The lowest BCUT2D eigenvalue weighted by molar-refractivity contribution is 0.389. The molecule has 6 heteroatoms. The second kappa shape index (κ2) is 6.29. The zero-order valence-corrected chi connectivity index (χ0v) is 11.4. The molecule has 2 aromatic heterocycles. The zero-order valence-electron chi connectivity index (χ0n) is 11.4. The van der Waals surface area contributed by atoms with Crippen molar-refractivity contribution in [2.24, 2.45) is 0 Å². The van der Waals surface area contributed by atoms with Gasteiger partial charge in [0.15, 0.2) is 0 Å². The van der Waals surface area contributed by atoms with E-state index < -0.39 is 0 Å². The number of hydrogen-bond donors (Lipinski definition) is 1. The van der Waals surface area contributed by atoms with E-state index in [1.807, 2.05) is 19.1 Å². The predicted octanol–water partition coefficient (Wildman–Crippen LogP) is 2.20. The van der Waals surface area contributed by atoms with Crippen LogP contribution in [0.15, 0.2) is 22.7 Å². The summed E-state index contributed by atoms with van der Waals surface area (Å²) in [6, 6.07) is 3.73. The van der Waals surface area contributed by atoms with Crippen LogP contribution in [0.2, 0.25) is 0 Å². The van der Waals surface area contributed by atoms with E-state index in [1.165, 1.54) is 0 Å². The molecule has 1 N–H and O–H groups in total. The van der Waals surface area contributed by atoms with Crippen molar-refractivity contribution in [1.29, 1.82) is 0 Å². The fraction of sp³-hybridized carbons (Fsp3) is 0.462. The summed E-state index contributed by atoms with van der Waals surface area (Å²) >= 11 is 0. The van der Waals surface area contributed by atoms with Crippen LogP contribution in [-0.4, -0.2) is 28.8 Å². The van der Waals surface area contributed by atoms with Gasteiger partial charge in [-0.25, -0.2) is 4.98 Å². The van der Waals surface area contributed by atoms with Gasteiger partial charge in [0.2, 0.25) is 11.8 Å². The monoisotopic (exact) mass is 262 g/mol. The van der Waals surface area contributed by atoms with Crippen molar-refractivity contribution in [2.75, 3.05) is 13.7 Å². The number of rotatable bonds is 6. The molecular formula is C13H18N4O2. The Morgan fingerprint density at radius 3 is 2.89 bits per heavy atom. The van der Waals surface area contributed by atoms with Crippen LogP contribution in [-0.2, 0) is 0 Å². The minimum atomic E-state index is 0.0777. The number of ether oxygens (including phenoxy) is 1. The molecular weight excluding hydrogens is 244 g/mol. The van der Waals surface area contributed by atoms with Crippen LogP contribution in [0.5, 0.6) is 5.88 Å². The third-order valence-electron chi connectivity index (χ3n) is 2.79. The van der Waals surface area contributed by atoms with E-state index in [0.29, 0.717) is 23.2 Å². The lowest BCUT2D eigenvalue weighted by atomic mass is 10.2. The summed E-state index contributed by atoms with van der Waals surface area (Å²) in [6.45, 7) is 4.97. The average molecular weight is 262 g/mol.